The minimum atomic E-state index is -0.502. The van der Waals surface area contributed by atoms with Crippen LogP contribution in [-0.2, 0) is 13.1 Å². The summed E-state index contributed by atoms with van der Waals surface area (Å²) in [4.78, 5) is 15.6. The van der Waals surface area contributed by atoms with Gasteiger partial charge >= 0.3 is 0 Å². The fourth-order valence-electron chi connectivity index (χ4n) is 2.19. The fraction of sp³-hybridized carbons (Fsp3) is 0.222. The van der Waals surface area contributed by atoms with E-state index in [2.05, 4.69) is 15.6 Å². The van der Waals surface area contributed by atoms with Crippen LogP contribution in [-0.4, -0.2) is 18.4 Å². The molecule has 25 heavy (non-hydrogen) atoms. The Balaban J connectivity index is 2.06. The Morgan fingerprint density at radius 2 is 1.96 bits per heavy atom. The average Bonchev–Trinajstić information content (AvgIpc) is 2.60. The van der Waals surface area contributed by atoms with Gasteiger partial charge in [-0.1, -0.05) is 12.1 Å². The van der Waals surface area contributed by atoms with Gasteiger partial charge in [-0.05, 0) is 42.8 Å². The number of rotatable bonds is 6. The van der Waals surface area contributed by atoms with Crippen molar-refractivity contribution in [2.75, 3.05) is 6.54 Å². The summed E-state index contributed by atoms with van der Waals surface area (Å²) in [6.07, 6.45) is 0. The highest BCUT2D eigenvalue weighted by molar-refractivity contribution is 5.92. The molecule has 0 atom stereocenters. The standard InChI is InChI=1S/C18H20F2N4O/c1-2-22-18(24-11-14-9-15(19)6-7-16(14)20)23-10-12-4-3-5-13(8-12)17(21)25/h3-9H,2,10-11H2,1H3,(H2,21,25)(H2,22,23,24). The van der Waals surface area contributed by atoms with Gasteiger partial charge in [0.05, 0.1) is 6.54 Å². The summed E-state index contributed by atoms with van der Waals surface area (Å²) in [5.41, 5.74) is 6.69. The molecule has 0 heterocycles. The molecule has 0 saturated heterocycles. The van der Waals surface area contributed by atoms with Crippen molar-refractivity contribution < 1.29 is 13.6 Å². The minimum absolute atomic E-state index is 0.0940. The van der Waals surface area contributed by atoms with Gasteiger partial charge in [-0.15, -0.1) is 0 Å². The van der Waals surface area contributed by atoms with Gasteiger partial charge in [0.25, 0.3) is 0 Å². The van der Waals surface area contributed by atoms with Crippen molar-refractivity contribution in [3.8, 4) is 0 Å². The van der Waals surface area contributed by atoms with Crippen LogP contribution in [0, 0.1) is 11.6 Å². The molecule has 0 spiro atoms. The first-order valence-corrected chi connectivity index (χ1v) is 7.84. The molecule has 0 aliphatic rings. The Morgan fingerprint density at radius 3 is 2.68 bits per heavy atom. The lowest BCUT2D eigenvalue weighted by atomic mass is 10.1. The molecule has 7 heteroatoms. The number of carbonyl (C=O) groups is 1. The highest BCUT2D eigenvalue weighted by atomic mass is 19.1. The monoisotopic (exact) mass is 346 g/mol. The van der Waals surface area contributed by atoms with Crippen molar-refractivity contribution in [2.24, 2.45) is 10.7 Å². The first kappa shape index (κ1) is 18.4. The van der Waals surface area contributed by atoms with E-state index in [9.17, 15) is 13.6 Å². The second-order valence-corrected chi connectivity index (χ2v) is 5.35. The summed E-state index contributed by atoms with van der Waals surface area (Å²) in [6.45, 7) is 2.91. The highest BCUT2D eigenvalue weighted by Gasteiger charge is 2.06. The summed E-state index contributed by atoms with van der Waals surface area (Å²) in [6, 6.07) is 10.2. The SMILES string of the molecule is CCNC(=NCc1cccc(C(N)=O)c1)NCc1cc(F)ccc1F. The lowest BCUT2D eigenvalue weighted by Crippen LogP contribution is -2.37. The first-order chi connectivity index (χ1) is 12.0. The van der Waals surface area contributed by atoms with Gasteiger partial charge in [0.1, 0.15) is 11.6 Å². The Bertz CT molecular complexity index is 777. The van der Waals surface area contributed by atoms with Crippen molar-refractivity contribution in [3.05, 3.63) is 70.8 Å². The maximum absolute atomic E-state index is 13.7. The zero-order chi connectivity index (χ0) is 18.2. The number of hydrogen-bond acceptors (Lipinski definition) is 2. The zero-order valence-corrected chi connectivity index (χ0v) is 13.9. The Kier molecular flexibility index (Phi) is 6.45. The molecule has 0 aliphatic heterocycles. The van der Waals surface area contributed by atoms with E-state index in [0.29, 0.717) is 24.6 Å². The molecule has 0 saturated carbocycles. The molecule has 2 aromatic carbocycles. The van der Waals surface area contributed by atoms with E-state index >= 15 is 0 Å². The second kappa shape index (κ2) is 8.77. The van der Waals surface area contributed by atoms with Gasteiger partial charge < -0.3 is 16.4 Å². The third kappa shape index (κ3) is 5.56. The van der Waals surface area contributed by atoms with Crippen LogP contribution < -0.4 is 16.4 Å². The van der Waals surface area contributed by atoms with Crippen LogP contribution >= 0.6 is 0 Å². The third-order valence-corrected chi connectivity index (χ3v) is 3.43. The van der Waals surface area contributed by atoms with Crippen LogP contribution in [0.4, 0.5) is 8.78 Å². The van der Waals surface area contributed by atoms with Gasteiger partial charge in [-0.2, -0.15) is 0 Å². The highest BCUT2D eigenvalue weighted by Crippen LogP contribution is 2.09. The van der Waals surface area contributed by atoms with E-state index in [1.165, 1.54) is 0 Å². The molecular formula is C18H20F2N4O. The summed E-state index contributed by atoms with van der Waals surface area (Å²) >= 11 is 0. The first-order valence-electron chi connectivity index (χ1n) is 7.84. The van der Waals surface area contributed by atoms with Crippen LogP contribution in [0.25, 0.3) is 0 Å². The van der Waals surface area contributed by atoms with Gasteiger partial charge in [-0.25, -0.2) is 13.8 Å². The average molecular weight is 346 g/mol. The molecule has 132 valence electrons. The molecule has 0 unspecified atom stereocenters. The van der Waals surface area contributed by atoms with E-state index in [1.54, 1.807) is 18.2 Å². The smallest absolute Gasteiger partial charge is 0.248 e. The molecule has 0 radical (unpaired) electrons. The predicted octanol–water partition coefficient (Wildman–Crippen LogP) is 2.32. The van der Waals surface area contributed by atoms with Crippen LogP contribution in [0.3, 0.4) is 0 Å². The van der Waals surface area contributed by atoms with E-state index in [4.69, 9.17) is 5.73 Å². The summed E-state index contributed by atoms with van der Waals surface area (Å²) < 4.78 is 26.9. The molecule has 2 aromatic rings. The largest absolute Gasteiger partial charge is 0.366 e. The summed E-state index contributed by atoms with van der Waals surface area (Å²) in [5.74, 6) is -1.03. The Labute approximate surface area is 145 Å². The number of amides is 1. The number of nitrogens with one attached hydrogen (secondary N) is 2. The number of hydrogen-bond donors (Lipinski definition) is 3. The Morgan fingerprint density at radius 1 is 1.16 bits per heavy atom. The number of carbonyl (C=O) groups excluding carboxylic acids is 1. The maximum atomic E-state index is 13.7. The van der Waals surface area contributed by atoms with E-state index in [-0.39, 0.29) is 12.1 Å². The molecule has 0 aliphatic carbocycles. The minimum Gasteiger partial charge on any atom is -0.366 e. The quantitative estimate of drug-likeness (QED) is 0.555. The zero-order valence-electron chi connectivity index (χ0n) is 13.9. The van der Waals surface area contributed by atoms with Gasteiger partial charge in [0, 0.05) is 24.2 Å². The molecule has 0 fully saturated rings. The van der Waals surface area contributed by atoms with E-state index < -0.39 is 17.5 Å². The fourth-order valence-corrected chi connectivity index (χ4v) is 2.19. The van der Waals surface area contributed by atoms with Crippen molar-refractivity contribution in [2.45, 2.75) is 20.0 Å². The molecular weight excluding hydrogens is 326 g/mol. The molecule has 4 N–H and O–H groups in total. The topological polar surface area (TPSA) is 79.5 Å². The van der Waals surface area contributed by atoms with Crippen molar-refractivity contribution in [1.82, 2.24) is 10.6 Å². The van der Waals surface area contributed by atoms with Gasteiger partial charge in [0.15, 0.2) is 5.96 Å². The number of primary amides is 1. The van der Waals surface area contributed by atoms with Crippen molar-refractivity contribution in [1.29, 1.82) is 0 Å². The van der Waals surface area contributed by atoms with Crippen molar-refractivity contribution in [3.63, 3.8) is 0 Å². The third-order valence-electron chi connectivity index (χ3n) is 3.43. The van der Waals surface area contributed by atoms with Crippen LogP contribution in [0.2, 0.25) is 0 Å². The number of nitrogens with two attached hydrogens (primary N) is 1. The molecule has 0 bridgehead atoms. The van der Waals surface area contributed by atoms with Crippen LogP contribution in [0.1, 0.15) is 28.4 Å². The number of guanidine groups is 1. The van der Waals surface area contributed by atoms with Crippen LogP contribution in [0.15, 0.2) is 47.5 Å². The predicted molar refractivity (Wildman–Crippen MR) is 93.0 cm³/mol. The lowest BCUT2D eigenvalue weighted by Gasteiger charge is -2.12. The van der Waals surface area contributed by atoms with Gasteiger partial charge in [0.2, 0.25) is 5.91 Å². The number of halogens is 2. The number of aliphatic imine (C=N–C) groups is 1. The summed E-state index contributed by atoms with van der Waals surface area (Å²) in [7, 11) is 0. The number of benzene rings is 2. The second-order valence-electron chi connectivity index (χ2n) is 5.35. The van der Waals surface area contributed by atoms with Crippen molar-refractivity contribution >= 4 is 11.9 Å². The molecule has 1 amide bonds. The lowest BCUT2D eigenvalue weighted by molar-refractivity contribution is 0.1000. The normalized spacial score (nSPS) is 11.2. The van der Waals surface area contributed by atoms with Crippen LogP contribution in [0.5, 0.6) is 0 Å². The molecule has 2 rings (SSSR count). The van der Waals surface area contributed by atoms with Gasteiger partial charge in [-0.3, -0.25) is 4.79 Å². The maximum Gasteiger partial charge on any atom is 0.248 e. The number of nitrogens with zero attached hydrogens (tertiary/aromatic N) is 1. The Hall–Kier alpha value is -2.96. The van der Waals surface area contributed by atoms with E-state index in [0.717, 1.165) is 23.8 Å². The summed E-state index contributed by atoms with van der Waals surface area (Å²) in [5, 5.41) is 5.98. The van der Waals surface area contributed by atoms with E-state index in [1.807, 2.05) is 13.0 Å². The molecule has 0 aromatic heterocycles. The molecule has 5 nitrogen and oxygen atoms in total.